The maximum Gasteiger partial charge on any atom is 0.401 e. The number of halogens is 4. The molecule has 0 aliphatic carbocycles. The molecule has 1 aliphatic heterocycles. The highest BCUT2D eigenvalue weighted by Gasteiger charge is 2.35. The Morgan fingerprint density at radius 3 is 2.25 bits per heavy atom. The highest BCUT2D eigenvalue weighted by molar-refractivity contribution is 5.83. The summed E-state index contributed by atoms with van der Waals surface area (Å²) in [5.74, 6) is -0.767. The number of benzene rings is 1. The van der Waals surface area contributed by atoms with Gasteiger partial charge >= 0.3 is 6.18 Å². The van der Waals surface area contributed by atoms with E-state index < -0.39 is 24.6 Å². The number of likely N-dealkylation sites (N-methyl/N-ethyl adjacent to an activating group) is 1. The minimum atomic E-state index is -4.24. The van der Waals surface area contributed by atoms with Crippen LogP contribution in [0.4, 0.5) is 17.6 Å². The number of hydrogen-bond donors (Lipinski definition) is 0. The van der Waals surface area contributed by atoms with Crippen LogP contribution < -0.4 is 0 Å². The third-order valence-corrected chi connectivity index (χ3v) is 4.04. The first-order valence-electron chi connectivity index (χ1n) is 7.68. The molecule has 1 fully saturated rings. The molecule has 0 N–H and O–H groups in total. The summed E-state index contributed by atoms with van der Waals surface area (Å²) < 4.78 is 51.3. The molecule has 1 heterocycles. The molecule has 1 aromatic rings. The van der Waals surface area contributed by atoms with Crippen molar-refractivity contribution in [3.63, 3.8) is 0 Å². The standard InChI is InChI=1S/C16H21F4N3O/c1-21(2)14(12-5-3-4-6-13(12)17)15(24)23-9-7-22(8-10-23)11-16(18,19)20/h3-6,14H,7-11H2,1-2H3/t14-/m0/s1. The van der Waals surface area contributed by atoms with E-state index in [1.54, 1.807) is 37.2 Å². The summed E-state index contributed by atoms with van der Waals surface area (Å²) in [5, 5.41) is 0. The molecule has 134 valence electrons. The van der Waals surface area contributed by atoms with Crippen LogP contribution in [0, 0.1) is 5.82 Å². The molecule has 0 spiro atoms. The van der Waals surface area contributed by atoms with E-state index in [1.165, 1.54) is 15.9 Å². The molecule has 0 radical (unpaired) electrons. The molecule has 24 heavy (non-hydrogen) atoms. The molecule has 1 aromatic carbocycles. The zero-order chi connectivity index (χ0) is 17.9. The average Bonchev–Trinajstić information content (AvgIpc) is 2.48. The third-order valence-electron chi connectivity index (χ3n) is 4.04. The van der Waals surface area contributed by atoms with Crippen LogP contribution in [0.1, 0.15) is 11.6 Å². The lowest BCUT2D eigenvalue weighted by Gasteiger charge is -2.38. The number of amides is 1. The molecule has 1 aliphatic rings. The fourth-order valence-corrected chi connectivity index (χ4v) is 2.88. The lowest BCUT2D eigenvalue weighted by atomic mass is 10.0. The number of hydrogen-bond acceptors (Lipinski definition) is 3. The Morgan fingerprint density at radius 2 is 1.75 bits per heavy atom. The number of piperazine rings is 1. The summed E-state index contributed by atoms with van der Waals surface area (Å²) in [6, 6.07) is 5.26. The minimum absolute atomic E-state index is 0.155. The number of rotatable bonds is 4. The van der Waals surface area contributed by atoms with Crippen molar-refractivity contribution in [3.8, 4) is 0 Å². The lowest BCUT2D eigenvalue weighted by Crippen LogP contribution is -2.53. The number of alkyl halides is 3. The zero-order valence-electron chi connectivity index (χ0n) is 13.7. The summed E-state index contributed by atoms with van der Waals surface area (Å²) >= 11 is 0. The smallest absolute Gasteiger partial charge is 0.338 e. The summed E-state index contributed by atoms with van der Waals surface area (Å²) in [4.78, 5) is 17.2. The topological polar surface area (TPSA) is 26.8 Å². The van der Waals surface area contributed by atoms with Crippen LogP contribution in [0.2, 0.25) is 0 Å². The molecular formula is C16H21F4N3O. The van der Waals surface area contributed by atoms with E-state index >= 15 is 0 Å². The second-order valence-electron chi connectivity index (χ2n) is 6.10. The molecule has 2 rings (SSSR count). The number of carbonyl (C=O) groups is 1. The minimum Gasteiger partial charge on any atom is -0.338 e. The molecule has 0 unspecified atom stereocenters. The summed E-state index contributed by atoms with van der Waals surface area (Å²) in [6.45, 7) is -0.258. The third kappa shape index (κ3) is 4.67. The summed E-state index contributed by atoms with van der Waals surface area (Å²) in [7, 11) is 3.35. The van der Waals surface area contributed by atoms with Crippen LogP contribution in [0.3, 0.4) is 0 Å². The second kappa shape index (κ2) is 7.48. The van der Waals surface area contributed by atoms with Crippen molar-refractivity contribution in [2.24, 2.45) is 0 Å². The first-order chi connectivity index (χ1) is 11.2. The number of nitrogens with zero attached hydrogens (tertiary/aromatic N) is 3. The van der Waals surface area contributed by atoms with E-state index in [9.17, 15) is 22.4 Å². The second-order valence-corrected chi connectivity index (χ2v) is 6.10. The Hall–Kier alpha value is -1.67. The first-order valence-corrected chi connectivity index (χ1v) is 7.68. The molecule has 1 amide bonds. The Balaban J connectivity index is 2.06. The van der Waals surface area contributed by atoms with Crippen molar-refractivity contribution >= 4 is 5.91 Å². The Bertz CT molecular complexity index is 569. The van der Waals surface area contributed by atoms with Crippen molar-refractivity contribution in [1.82, 2.24) is 14.7 Å². The van der Waals surface area contributed by atoms with Crippen LogP contribution in [0.5, 0.6) is 0 Å². The maximum atomic E-state index is 14.0. The summed E-state index contributed by atoms with van der Waals surface area (Å²) in [5.41, 5.74) is 0.269. The van der Waals surface area contributed by atoms with E-state index in [0.717, 1.165) is 0 Å². The van der Waals surface area contributed by atoms with Crippen LogP contribution in [-0.4, -0.2) is 73.6 Å². The van der Waals surface area contributed by atoms with Crippen molar-refractivity contribution < 1.29 is 22.4 Å². The molecule has 4 nitrogen and oxygen atoms in total. The van der Waals surface area contributed by atoms with Gasteiger partial charge in [-0.3, -0.25) is 14.6 Å². The molecular weight excluding hydrogens is 326 g/mol. The van der Waals surface area contributed by atoms with Gasteiger partial charge in [-0.25, -0.2) is 4.39 Å². The molecule has 0 saturated carbocycles. The predicted octanol–water partition coefficient (Wildman–Crippen LogP) is 2.13. The zero-order valence-corrected chi connectivity index (χ0v) is 13.7. The van der Waals surface area contributed by atoms with Gasteiger partial charge in [0, 0.05) is 31.7 Å². The van der Waals surface area contributed by atoms with E-state index in [0.29, 0.717) is 0 Å². The maximum absolute atomic E-state index is 14.0. The van der Waals surface area contributed by atoms with Gasteiger partial charge in [-0.05, 0) is 20.2 Å². The molecule has 1 atom stereocenters. The van der Waals surface area contributed by atoms with Crippen molar-refractivity contribution in [2.45, 2.75) is 12.2 Å². The van der Waals surface area contributed by atoms with Gasteiger partial charge in [0.1, 0.15) is 11.9 Å². The Kier molecular flexibility index (Phi) is 5.82. The van der Waals surface area contributed by atoms with Gasteiger partial charge in [0.05, 0.1) is 6.54 Å². The quantitative estimate of drug-likeness (QED) is 0.781. The van der Waals surface area contributed by atoms with E-state index in [-0.39, 0.29) is 37.6 Å². The van der Waals surface area contributed by atoms with E-state index in [2.05, 4.69) is 0 Å². The highest BCUT2D eigenvalue weighted by Crippen LogP contribution is 2.25. The largest absolute Gasteiger partial charge is 0.401 e. The van der Waals surface area contributed by atoms with Crippen LogP contribution in [-0.2, 0) is 4.79 Å². The fourth-order valence-electron chi connectivity index (χ4n) is 2.88. The average molecular weight is 347 g/mol. The van der Waals surface area contributed by atoms with Gasteiger partial charge in [-0.2, -0.15) is 13.2 Å². The van der Waals surface area contributed by atoms with Crippen molar-refractivity contribution in [2.75, 3.05) is 46.8 Å². The Labute approximate surface area is 138 Å². The SMILES string of the molecule is CN(C)[C@H](C(=O)N1CCN(CC(F)(F)F)CC1)c1ccccc1F. The van der Waals surface area contributed by atoms with Gasteiger partial charge in [0.15, 0.2) is 0 Å². The van der Waals surface area contributed by atoms with Crippen molar-refractivity contribution in [1.29, 1.82) is 0 Å². The molecule has 1 saturated heterocycles. The monoisotopic (exact) mass is 347 g/mol. The molecule has 8 heteroatoms. The predicted molar refractivity (Wildman–Crippen MR) is 81.9 cm³/mol. The van der Waals surface area contributed by atoms with E-state index in [1.807, 2.05) is 0 Å². The van der Waals surface area contributed by atoms with Gasteiger partial charge in [0.2, 0.25) is 5.91 Å². The lowest BCUT2D eigenvalue weighted by molar-refractivity contribution is -0.153. The normalized spacial score (nSPS) is 18.0. The fraction of sp³-hybridized carbons (Fsp3) is 0.562. The molecule has 0 bridgehead atoms. The van der Waals surface area contributed by atoms with Gasteiger partial charge in [-0.15, -0.1) is 0 Å². The summed E-state index contributed by atoms with van der Waals surface area (Å²) in [6.07, 6.45) is -4.24. The van der Waals surface area contributed by atoms with Crippen molar-refractivity contribution in [3.05, 3.63) is 35.6 Å². The van der Waals surface area contributed by atoms with Gasteiger partial charge in [0.25, 0.3) is 0 Å². The van der Waals surface area contributed by atoms with E-state index in [4.69, 9.17) is 0 Å². The number of carbonyl (C=O) groups excluding carboxylic acids is 1. The van der Waals surface area contributed by atoms with Gasteiger partial charge in [-0.1, -0.05) is 18.2 Å². The Morgan fingerprint density at radius 1 is 1.17 bits per heavy atom. The highest BCUT2D eigenvalue weighted by atomic mass is 19.4. The van der Waals surface area contributed by atoms with Crippen LogP contribution in [0.25, 0.3) is 0 Å². The van der Waals surface area contributed by atoms with Crippen LogP contribution in [0.15, 0.2) is 24.3 Å². The first kappa shape index (κ1) is 18.7. The molecule has 0 aromatic heterocycles. The van der Waals surface area contributed by atoms with Gasteiger partial charge < -0.3 is 4.90 Å². The van der Waals surface area contributed by atoms with Crippen LogP contribution >= 0.6 is 0 Å².